The number of fused-ring (bicyclic) bond motifs is 2. The van der Waals surface area contributed by atoms with Crippen LogP contribution >= 0.6 is 0 Å². The summed E-state index contributed by atoms with van der Waals surface area (Å²) < 4.78 is 8.43. The molecule has 0 amide bonds. The molecule has 16 heteroatoms. The second kappa shape index (κ2) is 10.6. The van der Waals surface area contributed by atoms with Crippen LogP contribution in [0.3, 0.4) is 0 Å². The highest BCUT2D eigenvalue weighted by molar-refractivity contribution is 6.05. The van der Waals surface area contributed by atoms with Crippen molar-refractivity contribution in [3.63, 3.8) is 0 Å². The predicted octanol–water partition coefficient (Wildman–Crippen LogP) is 1.09. The molecule has 5 aromatic rings. The van der Waals surface area contributed by atoms with Gasteiger partial charge in [0.05, 0.1) is 22.3 Å². The Morgan fingerprint density at radius 1 is 0.558 bits per heavy atom. The molecule has 43 heavy (non-hydrogen) atoms. The number of hydrogen-bond acceptors (Lipinski definition) is 12. The number of hydrogen-bond donors (Lipinski definition) is 4. The van der Waals surface area contributed by atoms with Gasteiger partial charge in [-0.3, -0.25) is 0 Å². The first kappa shape index (κ1) is 29.7. The molecule has 0 aliphatic carbocycles. The van der Waals surface area contributed by atoms with Crippen molar-refractivity contribution in [2.75, 3.05) is 0 Å². The van der Waals surface area contributed by atoms with Gasteiger partial charge in [-0.05, 0) is 23.3 Å². The molecule has 0 radical (unpaired) electrons. The van der Waals surface area contributed by atoms with Crippen LogP contribution < -0.4 is 22.5 Å². The van der Waals surface area contributed by atoms with E-state index in [1.165, 1.54) is 38.1 Å². The standard InChI is InChI=1S/C19H16O8.C8N2O6/c1-19(2,11-7-3-5-9(15(20)21)13(11)17(24)25)12-8-4-6-10(16(22)23)14(12)18(26)27;11-5-1-2(6(12)15-5)10-4-3(9-1)7(13)16-8(4)14/h3-8H,1-2H3,(H,20,21)(H,22,23)(H,24,25)(H,26,27);. The fourth-order valence-corrected chi connectivity index (χ4v) is 4.48. The van der Waals surface area contributed by atoms with Gasteiger partial charge in [0.15, 0.2) is 22.1 Å². The molecule has 0 aliphatic rings. The Morgan fingerprint density at radius 2 is 0.860 bits per heavy atom. The summed E-state index contributed by atoms with van der Waals surface area (Å²) in [7, 11) is 0. The van der Waals surface area contributed by atoms with Gasteiger partial charge in [-0.2, -0.15) is 0 Å². The van der Waals surface area contributed by atoms with E-state index in [-0.39, 0.29) is 33.2 Å². The van der Waals surface area contributed by atoms with Gasteiger partial charge in [0.1, 0.15) is 0 Å². The molecule has 0 saturated carbocycles. The second-order valence-corrected chi connectivity index (χ2v) is 9.27. The minimum Gasteiger partial charge on any atom is -0.478 e. The molecule has 5 rings (SSSR count). The molecule has 4 N–H and O–H groups in total. The van der Waals surface area contributed by atoms with Crippen LogP contribution in [0.4, 0.5) is 0 Å². The fourth-order valence-electron chi connectivity index (χ4n) is 4.48. The first-order valence-corrected chi connectivity index (χ1v) is 11.7. The van der Waals surface area contributed by atoms with Crippen molar-refractivity contribution in [3.8, 4) is 0 Å². The van der Waals surface area contributed by atoms with Crippen molar-refractivity contribution < 1.29 is 48.4 Å². The number of furan rings is 2. The van der Waals surface area contributed by atoms with E-state index >= 15 is 0 Å². The Labute approximate surface area is 235 Å². The SMILES string of the molecule is CC(C)(c1cccc(C(=O)O)c1C(=O)O)c1cccc(C(=O)O)c1C(=O)O.O=c1oc(=O)c2nc3c(=O)oc(=O)c3nc12. The highest BCUT2D eigenvalue weighted by Gasteiger charge is 2.35. The van der Waals surface area contributed by atoms with Crippen LogP contribution in [0.2, 0.25) is 0 Å². The van der Waals surface area contributed by atoms with Crippen LogP contribution in [-0.4, -0.2) is 54.3 Å². The molecular formula is C27H16N2O14. The minimum absolute atomic E-state index is 0.0555. The number of carboxylic acids is 4. The Kier molecular flexibility index (Phi) is 7.30. The molecule has 0 atom stereocenters. The highest BCUT2D eigenvalue weighted by Crippen LogP contribution is 2.38. The zero-order valence-corrected chi connectivity index (χ0v) is 21.7. The summed E-state index contributed by atoms with van der Waals surface area (Å²) in [5, 5.41) is 37.7. The van der Waals surface area contributed by atoms with E-state index in [4.69, 9.17) is 0 Å². The number of carboxylic acid groups (broad SMARTS) is 4. The van der Waals surface area contributed by atoms with Crippen LogP contribution in [0.25, 0.3) is 22.1 Å². The average molecular weight is 592 g/mol. The van der Waals surface area contributed by atoms with Crippen LogP contribution in [0.5, 0.6) is 0 Å². The van der Waals surface area contributed by atoms with Crippen LogP contribution in [0, 0.1) is 0 Å². The highest BCUT2D eigenvalue weighted by atomic mass is 16.4. The zero-order chi connectivity index (χ0) is 32.0. The number of rotatable bonds is 6. The summed E-state index contributed by atoms with van der Waals surface area (Å²) in [5.41, 5.74) is -8.55. The lowest BCUT2D eigenvalue weighted by molar-refractivity contribution is 0.0647. The molecule has 16 nitrogen and oxygen atoms in total. The molecule has 0 unspecified atom stereocenters. The van der Waals surface area contributed by atoms with Gasteiger partial charge in [0.25, 0.3) is 0 Å². The molecular weight excluding hydrogens is 576 g/mol. The topological polar surface area (TPSA) is 270 Å². The lowest BCUT2D eigenvalue weighted by Crippen LogP contribution is -2.28. The largest absolute Gasteiger partial charge is 0.478 e. The number of carbonyl (C=O) groups is 4. The van der Waals surface area contributed by atoms with E-state index < -0.39 is 74.0 Å². The lowest BCUT2D eigenvalue weighted by atomic mass is 9.72. The lowest BCUT2D eigenvalue weighted by Gasteiger charge is -2.30. The normalized spacial score (nSPS) is 11.2. The van der Waals surface area contributed by atoms with Crippen molar-refractivity contribution in [1.82, 2.24) is 9.97 Å². The van der Waals surface area contributed by atoms with Gasteiger partial charge in [-0.15, -0.1) is 0 Å². The van der Waals surface area contributed by atoms with Crippen molar-refractivity contribution in [3.05, 3.63) is 111 Å². The summed E-state index contributed by atoms with van der Waals surface area (Å²) in [6.45, 7) is 3.02. The maximum Gasteiger partial charge on any atom is 0.367 e. The number of aromatic carboxylic acids is 4. The van der Waals surface area contributed by atoms with E-state index in [1.54, 1.807) is 0 Å². The molecule has 3 aromatic heterocycles. The molecule has 218 valence electrons. The van der Waals surface area contributed by atoms with Crippen LogP contribution in [-0.2, 0) is 5.41 Å². The fraction of sp³-hybridized carbons (Fsp3) is 0.111. The summed E-state index contributed by atoms with van der Waals surface area (Å²) in [6, 6.07) is 7.75. The third-order valence-electron chi connectivity index (χ3n) is 6.40. The number of nitrogens with zero attached hydrogens (tertiary/aromatic N) is 2. The van der Waals surface area contributed by atoms with Crippen LogP contribution in [0.1, 0.15) is 66.4 Å². The summed E-state index contributed by atoms with van der Waals surface area (Å²) in [4.78, 5) is 97.8. The van der Waals surface area contributed by atoms with E-state index in [2.05, 4.69) is 18.8 Å². The maximum atomic E-state index is 11.7. The van der Waals surface area contributed by atoms with Gasteiger partial charge >= 0.3 is 46.4 Å². The van der Waals surface area contributed by atoms with E-state index in [0.29, 0.717) is 0 Å². The molecule has 0 saturated heterocycles. The van der Waals surface area contributed by atoms with E-state index in [1.807, 2.05) is 0 Å². The smallest absolute Gasteiger partial charge is 0.367 e. The molecule has 0 bridgehead atoms. The third kappa shape index (κ3) is 5.03. The Morgan fingerprint density at radius 3 is 1.12 bits per heavy atom. The summed E-state index contributed by atoms with van der Waals surface area (Å²) in [5.74, 6) is -5.85. The van der Waals surface area contributed by atoms with Gasteiger partial charge in [-0.25, -0.2) is 48.3 Å². The van der Waals surface area contributed by atoms with Gasteiger partial charge in [0, 0.05) is 5.41 Å². The molecule has 0 spiro atoms. The van der Waals surface area contributed by atoms with Crippen molar-refractivity contribution in [2.45, 2.75) is 19.3 Å². The number of benzene rings is 2. The zero-order valence-electron chi connectivity index (χ0n) is 21.7. The second-order valence-electron chi connectivity index (χ2n) is 9.27. The number of aromatic nitrogens is 2. The first-order valence-electron chi connectivity index (χ1n) is 11.7. The Balaban J connectivity index is 0.000000222. The van der Waals surface area contributed by atoms with Gasteiger partial charge in [0.2, 0.25) is 0 Å². The van der Waals surface area contributed by atoms with Crippen LogP contribution in [0.15, 0.2) is 64.4 Å². The molecule has 0 aliphatic heterocycles. The van der Waals surface area contributed by atoms with Gasteiger partial charge in [-0.1, -0.05) is 38.1 Å². The minimum atomic E-state index is -1.48. The Bertz CT molecular complexity index is 1990. The van der Waals surface area contributed by atoms with Crippen molar-refractivity contribution in [1.29, 1.82) is 0 Å². The van der Waals surface area contributed by atoms with Gasteiger partial charge < -0.3 is 29.3 Å². The van der Waals surface area contributed by atoms with E-state index in [0.717, 1.165) is 12.1 Å². The predicted molar refractivity (Wildman–Crippen MR) is 142 cm³/mol. The third-order valence-corrected chi connectivity index (χ3v) is 6.40. The molecule has 3 heterocycles. The van der Waals surface area contributed by atoms with E-state index in [9.17, 15) is 58.8 Å². The molecule has 2 aromatic carbocycles. The first-order chi connectivity index (χ1) is 20.1. The quantitative estimate of drug-likeness (QED) is 0.215. The molecule has 0 fully saturated rings. The van der Waals surface area contributed by atoms with Crippen molar-refractivity contribution >= 4 is 45.9 Å². The monoisotopic (exact) mass is 592 g/mol. The van der Waals surface area contributed by atoms with Crippen molar-refractivity contribution in [2.24, 2.45) is 0 Å². The maximum absolute atomic E-state index is 11.7. The summed E-state index contributed by atoms with van der Waals surface area (Å²) in [6.07, 6.45) is 0. The average Bonchev–Trinajstić information content (AvgIpc) is 3.39. The summed E-state index contributed by atoms with van der Waals surface area (Å²) >= 11 is 0. The Hall–Kier alpha value is -6.32.